The molecule has 218 valence electrons. The molecule has 0 unspecified atom stereocenters. The Morgan fingerprint density at radius 2 is 0.830 bits per heavy atom. The van der Waals surface area contributed by atoms with Crippen LogP contribution in [0.2, 0.25) is 0 Å². The normalized spacial score (nSPS) is 11.8. The average Bonchev–Trinajstić information content (AvgIpc) is 3.49. The van der Waals surface area contributed by atoms with E-state index >= 15 is 0 Å². The van der Waals surface area contributed by atoms with Crippen molar-refractivity contribution in [3.63, 3.8) is 0 Å². The van der Waals surface area contributed by atoms with E-state index < -0.39 is 0 Å². The Bertz CT molecular complexity index is 2620. The van der Waals surface area contributed by atoms with E-state index in [1.54, 1.807) is 0 Å². The van der Waals surface area contributed by atoms with Gasteiger partial charge in [0.25, 0.3) is 0 Å². The van der Waals surface area contributed by atoms with Gasteiger partial charge in [0.2, 0.25) is 0 Å². The number of nitrogens with zero attached hydrogens (tertiary/aromatic N) is 4. The van der Waals surface area contributed by atoms with E-state index in [0.29, 0.717) is 17.5 Å². The molecule has 0 aliphatic carbocycles. The zero-order chi connectivity index (χ0) is 30.9. The van der Waals surface area contributed by atoms with Crippen molar-refractivity contribution in [2.75, 3.05) is 0 Å². The number of para-hydroxylation sites is 1. The van der Waals surface area contributed by atoms with E-state index in [2.05, 4.69) is 102 Å². The highest BCUT2D eigenvalue weighted by atomic mass is 15.1. The quantitative estimate of drug-likeness (QED) is 0.150. The van der Waals surface area contributed by atoms with E-state index in [1.807, 2.05) is 60.7 Å². The van der Waals surface area contributed by atoms with Gasteiger partial charge in [-0.3, -0.25) is 0 Å². The third-order valence-electron chi connectivity index (χ3n) is 9.37. The fraction of sp³-hybridized carbons (Fsp3) is 0. The van der Waals surface area contributed by atoms with E-state index in [1.165, 1.54) is 43.1 Å². The van der Waals surface area contributed by atoms with Crippen LogP contribution in [-0.4, -0.2) is 19.5 Å². The summed E-state index contributed by atoms with van der Waals surface area (Å²) in [6.45, 7) is 0. The molecule has 0 saturated carbocycles. The van der Waals surface area contributed by atoms with Crippen molar-refractivity contribution in [3.8, 4) is 39.9 Å². The summed E-state index contributed by atoms with van der Waals surface area (Å²) in [6, 6.07) is 55.5. The molecule has 4 nitrogen and oxygen atoms in total. The molecule has 0 amide bonds. The van der Waals surface area contributed by atoms with Crippen molar-refractivity contribution in [1.29, 1.82) is 0 Å². The lowest BCUT2D eigenvalue weighted by molar-refractivity contribution is 1.06. The van der Waals surface area contributed by atoms with Crippen LogP contribution < -0.4 is 0 Å². The molecule has 10 rings (SSSR count). The summed E-state index contributed by atoms with van der Waals surface area (Å²) in [7, 11) is 0. The molecule has 0 atom stereocenters. The molecule has 0 bridgehead atoms. The Kier molecular flexibility index (Phi) is 5.54. The second kappa shape index (κ2) is 10.1. The predicted molar refractivity (Wildman–Crippen MR) is 194 cm³/mol. The van der Waals surface area contributed by atoms with E-state index in [0.717, 1.165) is 33.4 Å². The van der Waals surface area contributed by atoms with Crippen LogP contribution in [0.4, 0.5) is 0 Å². The summed E-state index contributed by atoms with van der Waals surface area (Å²) in [5.41, 5.74) is 6.21. The van der Waals surface area contributed by atoms with E-state index in [-0.39, 0.29) is 0 Å². The number of rotatable bonds is 4. The highest BCUT2D eigenvalue weighted by Crippen LogP contribution is 2.45. The van der Waals surface area contributed by atoms with Crippen LogP contribution in [0.5, 0.6) is 0 Å². The highest BCUT2D eigenvalue weighted by Gasteiger charge is 2.22. The van der Waals surface area contributed by atoms with Gasteiger partial charge in [-0.25, -0.2) is 15.0 Å². The molecule has 2 aromatic heterocycles. The molecule has 0 aliphatic rings. The van der Waals surface area contributed by atoms with Crippen molar-refractivity contribution >= 4 is 54.1 Å². The van der Waals surface area contributed by atoms with Crippen LogP contribution >= 0.6 is 0 Å². The maximum atomic E-state index is 5.11. The van der Waals surface area contributed by atoms with Crippen molar-refractivity contribution in [3.05, 3.63) is 158 Å². The first kappa shape index (κ1) is 25.9. The van der Waals surface area contributed by atoms with Gasteiger partial charge in [0.05, 0.1) is 16.7 Å². The molecule has 10 aromatic rings. The highest BCUT2D eigenvalue weighted by molar-refractivity contribution is 6.35. The maximum absolute atomic E-state index is 5.11. The van der Waals surface area contributed by atoms with Gasteiger partial charge in [0.1, 0.15) is 0 Å². The SMILES string of the molecule is c1ccc(-c2nc(-c3ccccc3)nc(-c3ccccc3-n3c4cccc5c6cc7ccccc7cc6c6cccc3c6c54)n2)cc1. The van der Waals surface area contributed by atoms with Crippen molar-refractivity contribution in [2.45, 2.75) is 0 Å². The lowest BCUT2D eigenvalue weighted by Gasteiger charge is -2.14. The van der Waals surface area contributed by atoms with Crippen LogP contribution in [0.1, 0.15) is 0 Å². The fourth-order valence-electron chi connectivity index (χ4n) is 7.29. The summed E-state index contributed by atoms with van der Waals surface area (Å²) < 4.78 is 2.40. The molecule has 0 spiro atoms. The van der Waals surface area contributed by atoms with Gasteiger partial charge in [-0.1, -0.05) is 121 Å². The number of aromatic nitrogens is 4. The Labute approximate surface area is 270 Å². The standard InChI is InChI=1S/C43H26N4/c1-3-13-27(14-4-1)41-44-42(28-15-5-2-6-16-28)46-43(45-41)33-19-9-10-22-36(33)47-37-23-11-20-31-34-25-29-17-7-8-18-30(29)26-35(34)32-21-12-24-38(47)40(32)39(31)37/h1-26H. The Morgan fingerprint density at radius 3 is 1.38 bits per heavy atom. The molecular weight excluding hydrogens is 573 g/mol. The molecule has 0 fully saturated rings. The second-order valence-electron chi connectivity index (χ2n) is 12.0. The zero-order valence-electron chi connectivity index (χ0n) is 25.3. The molecule has 47 heavy (non-hydrogen) atoms. The molecule has 4 heteroatoms. The first-order valence-corrected chi connectivity index (χ1v) is 15.9. The zero-order valence-corrected chi connectivity index (χ0v) is 25.3. The Hall–Kier alpha value is -6.39. The van der Waals surface area contributed by atoms with Crippen LogP contribution in [-0.2, 0) is 0 Å². The monoisotopic (exact) mass is 598 g/mol. The van der Waals surface area contributed by atoms with Gasteiger partial charge < -0.3 is 4.57 Å². The summed E-state index contributed by atoms with van der Waals surface area (Å²) in [4.78, 5) is 15.2. The minimum Gasteiger partial charge on any atom is -0.308 e. The number of fused-ring (bicyclic) bond motifs is 4. The minimum atomic E-state index is 0.639. The number of benzene rings is 8. The average molecular weight is 599 g/mol. The smallest absolute Gasteiger partial charge is 0.166 e. The molecular formula is C43H26N4. The van der Waals surface area contributed by atoms with Gasteiger partial charge >= 0.3 is 0 Å². The molecule has 0 saturated heterocycles. The van der Waals surface area contributed by atoms with Gasteiger partial charge in [0.15, 0.2) is 17.5 Å². The van der Waals surface area contributed by atoms with Crippen LogP contribution in [0.15, 0.2) is 158 Å². The van der Waals surface area contributed by atoms with Gasteiger partial charge in [0, 0.05) is 27.5 Å². The second-order valence-corrected chi connectivity index (χ2v) is 12.0. The third kappa shape index (κ3) is 3.92. The minimum absolute atomic E-state index is 0.639. The first-order chi connectivity index (χ1) is 23.3. The Morgan fingerprint density at radius 1 is 0.362 bits per heavy atom. The number of hydrogen-bond acceptors (Lipinski definition) is 3. The number of hydrogen-bond donors (Lipinski definition) is 0. The fourth-order valence-corrected chi connectivity index (χ4v) is 7.29. The molecule has 8 aromatic carbocycles. The summed E-state index contributed by atoms with van der Waals surface area (Å²) in [5.74, 6) is 1.94. The van der Waals surface area contributed by atoms with Crippen LogP contribution in [0.25, 0.3) is 94.0 Å². The van der Waals surface area contributed by atoms with Crippen molar-refractivity contribution in [1.82, 2.24) is 19.5 Å². The summed E-state index contributed by atoms with van der Waals surface area (Å²) in [6.07, 6.45) is 0. The molecule has 0 aliphatic heterocycles. The van der Waals surface area contributed by atoms with Crippen molar-refractivity contribution < 1.29 is 0 Å². The summed E-state index contributed by atoms with van der Waals surface area (Å²) >= 11 is 0. The van der Waals surface area contributed by atoms with Crippen LogP contribution in [0.3, 0.4) is 0 Å². The third-order valence-corrected chi connectivity index (χ3v) is 9.37. The summed E-state index contributed by atoms with van der Waals surface area (Å²) in [5, 5.41) is 10.1. The molecule has 2 heterocycles. The first-order valence-electron chi connectivity index (χ1n) is 15.9. The Balaban J connectivity index is 1.29. The van der Waals surface area contributed by atoms with Gasteiger partial charge in [-0.2, -0.15) is 0 Å². The maximum Gasteiger partial charge on any atom is 0.166 e. The lowest BCUT2D eigenvalue weighted by Crippen LogP contribution is -2.03. The van der Waals surface area contributed by atoms with E-state index in [4.69, 9.17) is 15.0 Å². The largest absolute Gasteiger partial charge is 0.308 e. The van der Waals surface area contributed by atoms with Crippen LogP contribution in [0, 0.1) is 0 Å². The topological polar surface area (TPSA) is 43.6 Å². The van der Waals surface area contributed by atoms with E-state index in [9.17, 15) is 0 Å². The molecule has 0 N–H and O–H groups in total. The predicted octanol–water partition coefficient (Wildman–Crippen LogP) is 10.9. The van der Waals surface area contributed by atoms with Gasteiger partial charge in [-0.05, 0) is 68.7 Å². The molecule has 0 radical (unpaired) electrons. The van der Waals surface area contributed by atoms with Gasteiger partial charge in [-0.15, -0.1) is 0 Å². The van der Waals surface area contributed by atoms with Crippen molar-refractivity contribution in [2.24, 2.45) is 0 Å². The lowest BCUT2D eigenvalue weighted by atomic mass is 9.92.